The molecule has 19 heavy (non-hydrogen) atoms. The third-order valence-corrected chi connectivity index (χ3v) is 3.59. The fourth-order valence-electron chi connectivity index (χ4n) is 2.72. The Kier molecular flexibility index (Phi) is 4.37. The second-order valence-electron chi connectivity index (χ2n) is 4.80. The summed E-state index contributed by atoms with van der Waals surface area (Å²) >= 11 is 0. The second kappa shape index (κ2) is 6.02. The van der Waals surface area contributed by atoms with E-state index in [1.807, 2.05) is 0 Å². The Morgan fingerprint density at radius 1 is 1.42 bits per heavy atom. The molecule has 1 aliphatic heterocycles. The molecule has 104 valence electrons. The quantitative estimate of drug-likeness (QED) is 0.878. The maximum absolute atomic E-state index is 14.0. The van der Waals surface area contributed by atoms with E-state index >= 15 is 0 Å². The smallest absolute Gasteiger partial charge is 0.337 e. The SMILES string of the molecule is O=C(O)c1cccc(F)c1N1CCCCC1CCO. The van der Waals surface area contributed by atoms with Crippen LogP contribution in [0.25, 0.3) is 0 Å². The Labute approximate surface area is 111 Å². The van der Waals surface area contributed by atoms with Gasteiger partial charge >= 0.3 is 5.97 Å². The molecule has 1 unspecified atom stereocenters. The largest absolute Gasteiger partial charge is 0.478 e. The zero-order chi connectivity index (χ0) is 13.8. The van der Waals surface area contributed by atoms with Crippen molar-refractivity contribution in [3.8, 4) is 0 Å². The van der Waals surface area contributed by atoms with E-state index in [1.54, 1.807) is 4.90 Å². The number of aliphatic hydroxyl groups is 1. The normalized spacial score (nSPS) is 19.5. The first-order valence-corrected chi connectivity index (χ1v) is 6.54. The average molecular weight is 267 g/mol. The van der Waals surface area contributed by atoms with Crippen molar-refractivity contribution in [1.29, 1.82) is 0 Å². The minimum Gasteiger partial charge on any atom is -0.478 e. The Hall–Kier alpha value is -1.62. The van der Waals surface area contributed by atoms with Crippen LogP contribution in [0.1, 0.15) is 36.0 Å². The van der Waals surface area contributed by atoms with Gasteiger partial charge in [0.25, 0.3) is 0 Å². The highest BCUT2D eigenvalue weighted by molar-refractivity contribution is 5.94. The summed E-state index contributed by atoms with van der Waals surface area (Å²) in [5.74, 6) is -1.63. The van der Waals surface area contributed by atoms with E-state index in [2.05, 4.69) is 0 Å². The fraction of sp³-hybridized carbons (Fsp3) is 0.500. The Balaban J connectivity index is 2.40. The van der Waals surface area contributed by atoms with Gasteiger partial charge in [0.1, 0.15) is 5.82 Å². The Morgan fingerprint density at radius 2 is 2.21 bits per heavy atom. The molecule has 1 aromatic carbocycles. The van der Waals surface area contributed by atoms with E-state index in [9.17, 15) is 14.3 Å². The van der Waals surface area contributed by atoms with E-state index in [-0.39, 0.29) is 23.9 Å². The number of carbonyl (C=O) groups is 1. The molecule has 5 heteroatoms. The van der Waals surface area contributed by atoms with Crippen LogP contribution in [0.3, 0.4) is 0 Å². The Morgan fingerprint density at radius 3 is 2.89 bits per heavy atom. The van der Waals surface area contributed by atoms with E-state index in [0.717, 1.165) is 19.3 Å². The Bertz CT molecular complexity index is 462. The lowest BCUT2D eigenvalue weighted by Crippen LogP contribution is -2.41. The van der Waals surface area contributed by atoms with Crippen LogP contribution in [0.2, 0.25) is 0 Å². The summed E-state index contributed by atoms with van der Waals surface area (Å²) in [6.07, 6.45) is 3.33. The molecule has 0 aliphatic carbocycles. The number of aromatic carboxylic acids is 1. The number of aliphatic hydroxyl groups excluding tert-OH is 1. The maximum Gasteiger partial charge on any atom is 0.337 e. The summed E-state index contributed by atoms with van der Waals surface area (Å²) < 4.78 is 14.0. The topological polar surface area (TPSA) is 60.8 Å². The van der Waals surface area contributed by atoms with Crippen molar-refractivity contribution in [2.24, 2.45) is 0 Å². The van der Waals surface area contributed by atoms with Crippen molar-refractivity contribution < 1.29 is 19.4 Å². The molecule has 4 nitrogen and oxygen atoms in total. The predicted molar refractivity (Wildman–Crippen MR) is 70.0 cm³/mol. The van der Waals surface area contributed by atoms with Gasteiger partial charge in [0.05, 0.1) is 11.3 Å². The zero-order valence-corrected chi connectivity index (χ0v) is 10.7. The van der Waals surface area contributed by atoms with Gasteiger partial charge in [0.15, 0.2) is 0 Å². The van der Waals surface area contributed by atoms with Crippen molar-refractivity contribution in [3.05, 3.63) is 29.6 Å². The number of anilines is 1. The summed E-state index contributed by atoms with van der Waals surface area (Å²) in [6.45, 7) is 0.657. The molecule has 0 spiro atoms. The van der Waals surface area contributed by atoms with Crippen LogP contribution < -0.4 is 4.90 Å². The molecule has 0 bridgehead atoms. The highest BCUT2D eigenvalue weighted by atomic mass is 19.1. The van der Waals surface area contributed by atoms with Gasteiger partial charge in [-0.25, -0.2) is 9.18 Å². The molecule has 0 radical (unpaired) electrons. The number of carboxylic acid groups (broad SMARTS) is 1. The average Bonchev–Trinajstić information content (AvgIpc) is 2.40. The lowest BCUT2D eigenvalue weighted by Gasteiger charge is -2.38. The van der Waals surface area contributed by atoms with Gasteiger partial charge in [0, 0.05) is 19.2 Å². The van der Waals surface area contributed by atoms with Crippen molar-refractivity contribution in [3.63, 3.8) is 0 Å². The molecule has 2 rings (SSSR count). The molecule has 0 saturated carbocycles. The van der Waals surface area contributed by atoms with Gasteiger partial charge < -0.3 is 15.1 Å². The number of hydrogen-bond donors (Lipinski definition) is 2. The number of para-hydroxylation sites is 1. The highest BCUT2D eigenvalue weighted by Gasteiger charge is 2.28. The summed E-state index contributed by atoms with van der Waals surface area (Å²) in [7, 11) is 0. The zero-order valence-electron chi connectivity index (χ0n) is 10.7. The third-order valence-electron chi connectivity index (χ3n) is 3.59. The first kappa shape index (κ1) is 13.8. The van der Waals surface area contributed by atoms with E-state index < -0.39 is 11.8 Å². The monoisotopic (exact) mass is 267 g/mol. The van der Waals surface area contributed by atoms with Gasteiger partial charge in [-0.3, -0.25) is 0 Å². The fourth-order valence-corrected chi connectivity index (χ4v) is 2.72. The summed E-state index contributed by atoms with van der Waals surface area (Å²) in [5.41, 5.74) is 0.151. The van der Waals surface area contributed by atoms with Crippen molar-refractivity contribution in [2.45, 2.75) is 31.7 Å². The van der Waals surface area contributed by atoms with Gasteiger partial charge in [-0.15, -0.1) is 0 Å². The number of rotatable bonds is 4. The third kappa shape index (κ3) is 2.87. The predicted octanol–water partition coefficient (Wildman–Crippen LogP) is 2.27. The van der Waals surface area contributed by atoms with Crippen molar-refractivity contribution in [1.82, 2.24) is 0 Å². The molecular weight excluding hydrogens is 249 g/mol. The van der Waals surface area contributed by atoms with E-state index in [1.165, 1.54) is 18.2 Å². The molecule has 1 aromatic rings. The van der Waals surface area contributed by atoms with Gasteiger partial charge in [-0.05, 0) is 37.8 Å². The minimum absolute atomic E-state index is 0.00810. The lowest BCUT2D eigenvalue weighted by atomic mass is 9.97. The molecule has 0 amide bonds. The van der Waals surface area contributed by atoms with Crippen LogP contribution in [-0.4, -0.2) is 35.4 Å². The molecule has 2 N–H and O–H groups in total. The van der Waals surface area contributed by atoms with Crippen molar-refractivity contribution >= 4 is 11.7 Å². The van der Waals surface area contributed by atoms with Crippen LogP contribution in [0.15, 0.2) is 18.2 Å². The molecule has 1 atom stereocenters. The molecule has 1 fully saturated rings. The molecular formula is C14H18FNO3. The van der Waals surface area contributed by atoms with E-state index in [0.29, 0.717) is 13.0 Å². The molecule has 1 saturated heterocycles. The maximum atomic E-state index is 14.0. The van der Waals surface area contributed by atoms with Crippen LogP contribution in [-0.2, 0) is 0 Å². The van der Waals surface area contributed by atoms with Gasteiger partial charge in [0.2, 0.25) is 0 Å². The number of hydrogen-bond acceptors (Lipinski definition) is 3. The first-order chi connectivity index (χ1) is 9.15. The van der Waals surface area contributed by atoms with Crippen LogP contribution in [0, 0.1) is 5.82 Å². The summed E-state index contributed by atoms with van der Waals surface area (Å²) in [6, 6.07) is 4.12. The van der Waals surface area contributed by atoms with Crippen LogP contribution >= 0.6 is 0 Å². The molecule has 0 aromatic heterocycles. The highest BCUT2D eigenvalue weighted by Crippen LogP contribution is 2.31. The first-order valence-electron chi connectivity index (χ1n) is 6.54. The molecule has 1 aliphatic rings. The number of carboxylic acids is 1. The lowest BCUT2D eigenvalue weighted by molar-refractivity contribution is 0.0697. The molecule has 1 heterocycles. The number of piperidine rings is 1. The van der Waals surface area contributed by atoms with Crippen molar-refractivity contribution in [2.75, 3.05) is 18.1 Å². The summed E-state index contributed by atoms with van der Waals surface area (Å²) in [4.78, 5) is 13.0. The summed E-state index contributed by atoms with van der Waals surface area (Å²) in [5, 5.41) is 18.3. The van der Waals surface area contributed by atoms with Crippen LogP contribution in [0.5, 0.6) is 0 Å². The number of benzene rings is 1. The minimum atomic E-state index is -1.12. The number of nitrogens with zero attached hydrogens (tertiary/aromatic N) is 1. The van der Waals surface area contributed by atoms with Gasteiger partial charge in [-0.1, -0.05) is 6.07 Å². The van der Waals surface area contributed by atoms with Crippen LogP contribution in [0.4, 0.5) is 10.1 Å². The number of halogens is 1. The second-order valence-corrected chi connectivity index (χ2v) is 4.80. The van der Waals surface area contributed by atoms with Gasteiger partial charge in [-0.2, -0.15) is 0 Å². The van der Waals surface area contributed by atoms with E-state index in [4.69, 9.17) is 5.11 Å². The standard InChI is InChI=1S/C14H18FNO3/c15-12-6-3-5-11(14(18)19)13(12)16-8-2-1-4-10(16)7-9-17/h3,5-6,10,17H,1-2,4,7-9H2,(H,18,19).